The highest BCUT2D eigenvalue weighted by Gasteiger charge is 2.35. The zero-order valence-electron chi connectivity index (χ0n) is 16.5. The first-order valence-electron chi connectivity index (χ1n) is 9.21. The smallest absolute Gasteiger partial charge is 0.226 e. The SMILES string of the molecule is Cc1nn(C)c(C)c1CN1CCN(C(=O)[C@@H]2CCC[C@@H]2CN)CC1.Cl.Cl.Cl. The summed E-state index contributed by atoms with van der Waals surface area (Å²) >= 11 is 0. The number of piperazine rings is 1. The van der Waals surface area contributed by atoms with Crippen molar-refractivity contribution in [3.05, 3.63) is 17.0 Å². The van der Waals surface area contributed by atoms with E-state index in [0.717, 1.165) is 57.7 Å². The molecular weight excluding hydrogens is 409 g/mol. The van der Waals surface area contributed by atoms with Crippen LogP contribution in [0.1, 0.15) is 36.2 Å². The van der Waals surface area contributed by atoms with Crippen LogP contribution >= 0.6 is 37.2 Å². The predicted molar refractivity (Wildman–Crippen MR) is 116 cm³/mol. The van der Waals surface area contributed by atoms with Crippen molar-refractivity contribution in [2.75, 3.05) is 32.7 Å². The number of amides is 1. The fourth-order valence-corrected chi connectivity index (χ4v) is 4.27. The van der Waals surface area contributed by atoms with Crippen LogP contribution in [0.3, 0.4) is 0 Å². The van der Waals surface area contributed by atoms with Crippen molar-refractivity contribution in [2.24, 2.45) is 24.6 Å². The quantitative estimate of drug-likeness (QED) is 0.777. The van der Waals surface area contributed by atoms with E-state index in [9.17, 15) is 4.79 Å². The number of halogens is 3. The van der Waals surface area contributed by atoms with Gasteiger partial charge in [0.15, 0.2) is 0 Å². The largest absolute Gasteiger partial charge is 0.340 e. The van der Waals surface area contributed by atoms with Gasteiger partial charge in [0.05, 0.1) is 5.69 Å². The fraction of sp³-hybridized carbons (Fsp3) is 0.778. The van der Waals surface area contributed by atoms with Crippen LogP contribution in [0.5, 0.6) is 0 Å². The number of aryl methyl sites for hydroxylation is 2. The van der Waals surface area contributed by atoms with Crippen LogP contribution in [-0.2, 0) is 18.4 Å². The number of hydrogen-bond donors (Lipinski definition) is 1. The number of nitrogens with two attached hydrogens (primary N) is 1. The predicted octanol–water partition coefficient (Wildman–Crippen LogP) is 2.32. The molecule has 0 bridgehead atoms. The molecule has 158 valence electrons. The van der Waals surface area contributed by atoms with Crippen LogP contribution < -0.4 is 5.73 Å². The number of hydrogen-bond acceptors (Lipinski definition) is 4. The molecule has 0 unspecified atom stereocenters. The van der Waals surface area contributed by atoms with Crippen LogP contribution in [0.4, 0.5) is 0 Å². The van der Waals surface area contributed by atoms with Gasteiger partial charge in [0.25, 0.3) is 0 Å². The van der Waals surface area contributed by atoms with Gasteiger partial charge >= 0.3 is 0 Å². The minimum absolute atomic E-state index is 0. The maximum atomic E-state index is 12.8. The topological polar surface area (TPSA) is 67.4 Å². The van der Waals surface area contributed by atoms with Crippen LogP contribution in [0.15, 0.2) is 0 Å². The van der Waals surface area contributed by atoms with E-state index in [-0.39, 0.29) is 43.1 Å². The third-order valence-electron chi connectivity index (χ3n) is 6.00. The second kappa shape index (κ2) is 11.5. The molecular formula is C18H34Cl3N5O. The molecule has 0 aromatic carbocycles. The van der Waals surface area contributed by atoms with E-state index in [4.69, 9.17) is 5.73 Å². The highest BCUT2D eigenvalue weighted by molar-refractivity contribution is 5.86. The van der Waals surface area contributed by atoms with Crippen molar-refractivity contribution in [1.29, 1.82) is 0 Å². The van der Waals surface area contributed by atoms with Crippen molar-refractivity contribution in [1.82, 2.24) is 19.6 Å². The van der Waals surface area contributed by atoms with Gasteiger partial charge in [0, 0.05) is 56.9 Å². The lowest BCUT2D eigenvalue weighted by Crippen LogP contribution is -2.50. The Morgan fingerprint density at radius 3 is 2.26 bits per heavy atom. The van der Waals surface area contributed by atoms with Gasteiger partial charge in [0.1, 0.15) is 0 Å². The van der Waals surface area contributed by atoms with E-state index in [0.29, 0.717) is 18.4 Å². The molecule has 0 spiro atoms. The van der Waals surface area contributed by atoms with Gasteiger partial charge in [-0.25, -0.2) is 0 Å². The van der Waals surface area contributed by atoms with Crippen molar-refractivity contribution in [3.8, 4) is 0 Å². The second-order valence-corrected chi connectivity index (χ2v) is 7.41. The zero-order valence-corrected chi connectivity index (χ0v) is 19.0. The number of carbonyl (C=O) groups excluding carboxylic acids is 1. The Morgan fingerprint density at radius 2 is 1.74 bits per heavy atom. The normalized spacial score (nSPS) is 22.6. The summed E-state index contributed by atoms with van der Waals surface area (Å²) in [7, 11) is 2.00. The van der Waals surface area contributed by atoms with E-state index < -0.39 is 0 Å². The van der Waals surface area contributed by atoms with Crippen molar-refractivity contribution in [3.63, 3.8) is 0 Å². The van der Waals surface area contributed by atoms with Crippen LogP contribution in [-0.4, -0.2) is 58.2 Å². The standard InChI is InChI=1S/C18H31N5O.3ClH/c1-13-17(14(2)21(3)20-13)12-22-7-9-23(10-8-22)18(24)16-6-4-5-15(16)11-19;;;/h15-16H,4-12,19H2,1-3H3;3*1H/t15-,16-;;;/m1.../s1. The Kier molecular flexibility index (Phi) is 11.2. The number of carbonyl (C=O) groups is 1. The summed E-state index contributed by atoms with van der Waals surface area (Å²) in [5.74, 6) is 0.914. The molecule has 1 aliphatic heterocycles. The maximum Gasteiger partial charge on any atom is 0.226 e. The molecule has 1 amide bonds. The summed E-state index contributed by atoms with van der Waals surface area (Å²) in [6.45, 7) is 9.35. The Balaban J connectivity index is 0.00000225. The zero-order chi connectivity index (χ0) is 17.3. The minimum Gasteiger partial charge on any atom is -0.340 e. The third kappa shape index (κ3) is 5.73. The summed E-state index contributed by atoms with van der Waals surface area (Å²) in [6, 6.07) is 0. The molecule has 1 aromatic heterocycles. The minimum atomic E-state index is 0. The van der Waals surface area contributed by atoms with Gasteiger partial charge in [-0.05, 0) is 39.2 Å². The Bertz CT molecular complexity index is 602. The van der Waals surface area contributed by atoms with Gasteiger partial charge in [0.2, 0.25) is 5.91 Å². The lowest BCUT2D eigenvalue weighted by atomic mass is 9.94. The molecule has 9 heteroatoms. The van der Waals surface area contributed by atoms with Crippen LogP contribution in [0, 0.1) is 25.7 Å². The van der Waals surface area contributed by atoms with Gasteiger partial charge < -0.3 is 10.6 Å². The molecule has 1 saturated carbocycles. The fourth-order valence-electron chi connectivity index (χ4n) is 4.27. The summed E-state index contributed by atoms with van der Waals surface area (Å²) in [4.78, 5) is 17.3. The monoisotopic (exact) mass is 441 g/mol. The number of nitrogens with zero attached hydrogens (tertiary/aromatic N) is 4. The van der Waals surface area contributed by atoms with E-state index in [1.165, 1.54) is 11.3 Å². The molecule has 1 saturated heterocycles. The Hall–Kier alpha value is -0.530. The van der Waals surface area contributed by atoms with Crippen LogP contribution in [0.2, 0.25) is 0 Å². The number of rotatable bonds is 4. The first kappa shape index (κ1) is 26.5. The van der Waals surface area contributed by atoms with Gasteiger partial charge in [-0.2, -0.15) is 5.10 Å². The molecule has 3 rings (SSSR count). The average molecular weight is 443 g/mol. The molecule has 1 aliphatic carbocycles. The molecule has 27 heavy (non-hydrogen) atoms. The average Bonchev–Trinajstić information content (AvgIpc) is 3.15. The molecule has 2 aliphatic rings. The van der Waals surface area contributed by atoms with Crippen molar-refractivity contribution in [2.45, 2.75) is 39.7 Å². The third-order valence-corrected chi connectivity index (χ3v) is 6.00. The Labute approximate surface area is 181 Å². The van der Waals surface area contributed by atoms with Crippen LogP contribution in [0.25, 0.3) is 0 Å². The van der Waals surface area contributed by atoms with E-state index in [2.05, 4.69) is 28.7 Å². The highest BCUT2D eigenvalue weighted by atomic mass is 35.5. The molecule has 0 radical (unpaired) electrons. The summed E-state index contributed by atoms with van der Waals surface area (Å²) < 4.78 is 1.96. The molecule has 1 aromatic rings. The van der Waals surface area contributed by atoms with Gasteiger partial charge in [-0.1, -0.05) is 6.42 Å². The lowest BCUT2D eigenvalue weighted by molar-refractivity contribution is -0.138. The highest BCUT2D eigenvalue weighted by Crippen LogP contribution is 2.32. The summed E-state index contributed by atoms with van der Waals surface area (Å²) in [5, 5.41) is 4.50. The molecule has 2 fully saturated rings. The van der Waals surface area contributed by atoms with E-state index in [1.54, 1.807) is 0 Å². The second-order valence-electron chi connectivity index (χ2n) is 7.41. The van der Waals surface area contributed by atoms with Gasteiger partial charge in [-0.3, -0.25) is 14.4 Å². The molecule has 2 heterocycles. The van der Waals surface area contributed by atoms with E-state index >= 15 is 0 Å². The Morgan fingerprint density at radius 1 is 1.11 bits per heavy atom. The first-order chi connectivity index (χ1) is 11.5. The molecule has 6 nitrogen and oxygen atoms in total. The number of aromatic nitrogens is 2. The molecule has 2 N–H and O–H groups in total. The van der Waals surface area contributed by atoms with Gasteiger partial charge in [-0.15, -0.1) is 37.2 Å². The summed E-state index contributed by atoms with van der Waals surface area (Å²) in [5.41, 5.74) is 9.53. The maximum absolute atomic E-state index is 12.8. The van der Waals surface area contributed by atoms with E-state index in [1.807, 2.05) is 11.7 Å². The summed E-state index contributed by atoms with van der Waals surface area (Å²) in [6.07, 6.45) is 3.29. The molecule has 2 atom stereocenters. The lowest BCUT2D eigenvalue weighted by Gasteiger charge is -2.36. The van der Waals surface area contributed by atoms with Crippen molar-refractivity contribution >= 4 is 43.1 Å². The first-order valence-corrected chi connectivity index (χ1v) is 9.21. The van der Waals surface area contributed by atoms with Crippen molar-refractivity contribution < 1.29 is 4.79 Å².